The first-order valence-corrected chi connectivity index (χ1v) is 10.3. The highest BCUT2D eigenvalue weighted by Crippen LogP contribution is 2.73. The van der Waals surface area contributed by atoms with Crippen LogP contribution in [0.4, 0.5) is 5.69 Å². The Bertz CT molecular complexity index is 1220. The summed E-state index contributed by atoms with van der Waals surface area (Å²) < 4.78 is 13.0. The second-order valence-electron chi connectivity index (χ2n) is 8.83. The van der Waals surface area contributed by atoms with Crippen molar-refractivity contribution in [3.8, 4) is 17.7 Å². The molecule has 3 fully saturated rings. The topological polar surface area (TPSA) is 102 Å². The Morgan fingerprint density at radius 2 is 2.10 bits per heavy atom. The number of anilines is 1. The van der Waals surface area contributed by atoms with Crippen molar-refractivity contribution in [1.29, 1.82) is 5.26 Å². The van der Waals surface area contributed by atoms with Crippen molar-refractivity contribution in [3.05, 3.63) is 48.0 Å². The molecule has 0 radical (unpaired) electrons. The van der Waals surface area contributed by atoms with Gasteiger partial charge >= 0.3 is 0 Å². The van der Waals surface area contributed by atoms with Crippen molar-refractivity contribution < 1.29 is 14.3 Å². The molecule has 31 heavy (non-hydrogen) atoms. The number of ether oxygens (including phenoxy) is 2. The maximum Gasteiger partial charge on any atom is 0.261 e. The number of methoxy groups -OCH3 is 1. The van der Waals surface area contributed by atoms with Crippen molar-refractivity contribution in [1.82, 2.24) is 14.4 Å². The van der Waals surface area contributed by atoms with Crippen molar-refractivity contribution in [2.24, 2.45) is 5.41 Å². The first kappa shape index (κ1) is 19.4. The summed E-state index contributed by atoms with van der Waals surface area (Å²) in [5.41, 5.74) is 2.43. The zero-order valence-corrected chi connectivity index (χ0v) is 17.7. The van der Waals surface area contributed by atoms with Crippen LogP contribution in [0.5, 0.6) is 11.6 Å². The van der Waals surface area contributed by atoms with Gasteiger partial charge in [-0.05, 0) is 45.2 Å². The minimum absolute atomic E-state index is 0.00626. The van der Waals surface area contributed by atoms with Crippen LogP contribution in [0.25, 0.3) is 5.65 Å². The molecule has 0 saturated heterocycles. The van der Waals surface area contributed by atoms with Gasteiger partial charge in [0.25, 0.3) is 5.91 Å². The molecule has 6 rings (SSSR count). The number of hydrogen-bond acceptors (Lipinski definition) is 6. The molecule has 3 aliphatic rings. The quantitative estimate of drug-likeness (QED) is 0.656. The number of carbonyl (C=O) groups excluding carboxylic acids is 1. The molecule has 3 aliphatic carbocycles. The van der Waals surface area contributed by atoms with Gasteiger partial charge in [-0.15, -0.1) is 0 Å². The molecular weight excluding hydrogens is 394 g/mol. The van der Waals surface area contributed by atoms with Crippen LogP contribution in [-0.4, -0.2) is 33.5 Å². The fraction of sp³-hybridized carbons (Fsp3) is 0.391. The Hall–Kier alpha value is -3.60. The number of hydrogen-bond donors (Lipinski definition) is 1. The normalized spacial score (nSPS) is 23.6. The van der Waals surface area contributed by atoms with Gasteiger partial charge in [-0.25, -0.2) is 9.97 Å². The molecule has 0 aromatic carbocycles. The van der Waals surface area contributed by atoms with E-state index in [1.807, 2.05) is 24.4 Å². The zero-order chi connectivity index (χ0) is 21.8. The SMILES string of the molecule is COc1ncccc1NC(=O)c1cn2cc(C34CC(C#N)(C3)C4)nc2cc1OC(C)C. The van der Waals surface area contributed by atoms with Gasteiger partial charge in [0.05, 0.1) is 36.0 Å². The number of aromatic nitrogens is 3. The number of amides is 1. The van der Waals surface area contributed by atoms with Crippen molar-refractivity contribution in [3.63, 3.8) is 0 Å². The van der Waals surface area contributed by atoms with Crippen molar-refractivity contribution in [2.45, 2.75) is 44.6 Å². The largest absolute Gasteiger partial charge is 0.490 e. The number of rotatable bonds is 6. The molecule has 0 aliphatic heterocycles. The minimum Gasteiger partial charge on any atom is -0.490 e. The summed E-state index contributed by atoms with van der Waals surface area (Å²) in [4.78, 5) is 22.1. The van der Waals surface area contributed by atoms with Crippen LogP contribution in [0.2, 0.25) is 0 Å². The second-order valence-corrected chi connectivity index (χ2v) is 8.83. The third-order valence-corrected chi connectivity index (χ3v) is 6.19. The maximum atomic E-state index is 13.1. The number of pyridine rings is 2. The first-order valence-electron chi connectivity index (χ1n) is 10.3. The molecular formula is C23H23N5O3. The Labute approximate surface area is 179 Å². The highest BCUT2D eigenvalue weighted by Gasteiger charge is 2.70. The van der Waals surface area contributed by atoms with Crippen molar-refractivity contribution >= 4 is 17.2 Å². The van der Waals surface area contributed by atoms with Gasteiger partial charge in [0.2, 0.25) is 5.88 Å². The lowest BCUT2D eigenvalue weighted by Crippen LogP contribution is -2.63. The lowest BCUT2D eigenvalue weighted by atomic mass is 9.35. The number of nitriles is 1. The number of carbonyl (C=O) groups is 1. The van der Waals surface area contributed by atoms with Crippen LogP contribution in [0.15, 0.2) is 36.8 Å². The van der Waals surface area contributed by atoms with E-state index in [1.165, 1.54) is 7.11 Å². The maximum absolute atomic E-state index is 13.1. The van der Waals surface area contributed by atoms with Crippen LogP contribution in [0.1, 0.15) is 49.2 Å². The molecule has 0 spiro atoms. The standard InChI is InChI=1S/C23H23N5O3/c1-14(2)31-17-7-19-27-18(23-10-22(11-23,12-23)13-24)9-28(19)8-15(17)20(29)26-16-5-4-6-25-21(16)30-3/h4-9,14H,10-12H2,1-3H3,(H,26,29). The lowest BCUT2D eigenvalue weighted by molar-refractivity contribution is -0.0953. The Morgan fingerprint density at radius 1 is 1.32 bits per heavy atom. The molecule has 1 amide bonds. The molecule has 3 aromatic rings. The number of imidazole rings is 1. The Kier molecular flexibility index (Phi) is 4.19. The number of nitrogens with one attached hydrogen (secondary N) is 1. The molecule has 0 unspecified atom stereocenters. The molecule has 0 atom stereocenters. The monoisotopic (exact) mass is 417 g/mol. The van der Waals surface area contributed by atoms with E-state index >= 15 is 0 Å². The van der Waals surface area contributed by atoms with Gasteiger partial charge in [-0.1, -0.05) is 0 Å². The fourth-order valence-corrected chi connectivity index (χ4v) is 4.81. The molecule has 8 nitrogen and oxygen atoms in total. The summed E-state index contributed by atoms with van der Waals surface area (Å²) in [7, 11) is 1.51. The minimum atomic E-state index is -0.326. The average molecular weight is 417 g/mol. The highest BCUT2D eigenvalue weighted by molar-refractivity contribution is 6.06. The van der Waals surface area contributed by atoms with Gasteiger partial charge in [-0.2, -0.15) is 5.26 Å². The fourth-order valence-electron chi connectivity index (χ4n) is 4.81. The molecule has 1 N–H and O–H groups in total. The van der Waals surface area contributed by atoms with Gasteiger partial charge in [-0.3, -0.25) is 4.79 Å². The molecule has 3 saturated carbocycles. The summed E-state index contributed by atoms with van der Waals surface area (Å²) in [6.07, 6.45) is 7.80. The molecule has 8 heteroatoms. The molecule has 2 bridgehead atoms. The van der Waals surface area contributed by atoms with Gasteiger partial charge in [0.1, 0.15) is 17.1 Å². The number of fused-ring (bicyclic) bond motifs is 1. The van der Waals surface area contributed by atoms with Crippen LogP contribution in [0.3, 0.4) is 0 Å². The third kappa shape index (κ3) is 3.00. The van der Waals surface area contributed by atoms with Crippen LogP contribution in [-0.2, 0) is 5.41 Å². The van der Waals surface area contributed by atoms with Gasteiger partial charge in [0, 0.05) is 30.1 Å². The van der Waals surface area contributed by atoms with E-state index in [4.69, 9.17) is 14.5 Å². The highest BCUT2D eigenvalue weighted by atomic mass is 16.5. The van der Waals surface area contributed by atoms with E-state index < -0.39 is 0 Å². The zero-order valence-electron chi connectivity index (χ0n) is 17.7. The van der Waals surface area contributed by atoms with Gasteiger partial charge < -0.3 is 19.2 Å². The number of nitrogens with zero attached hydrogens (tertiary/aromatic N) is 4. The average Bonchev–Trinajstić information content (AvgIpc) is 3.08. The molecule has 3 aromatic heterocycles. The van der Waals surface area contributed by atoms with Crippen LogP contribution < -0.4 is 14.8 Å². The van der Waals surface area contributed by atoms with Crippen LogP contribution >= 0.6 is 0 Å². The van der Waals surface area contributed by atoms with E-state index in [2.05, 4.69) is 16.4 Å². The first-order chi connectivity index (χ1) is 14.9. The van der Waals surface area contributed by atoms with E-state index in [9.17, 15) is 10.1 Å². The Morgan fingerprint density at radius 3 is 2.77 bits per heavy atom. The van der Waals surface area contributed by atoms with E-state index in [0.717, 1.165) is 30.6 Å². The van der Waals surface area contributed by atoms with Crippen LogP contribution in [0, 0.1) is 16.7 Å². The van der Waals surface area contributed by atoms with E-state index in [1.54, 1.807) is 30.6 Å². The molecule has 3 heterocycles. The summed E-state index contributed by atoms with van der Waals surface area (Å²) >= 11 is 0. The molecule has 158 valence electrons. The van der Waals surface area contributed by atoms with E-state index in [-0.39, 0.29) is 22.8 Å². The Balaban J connectivity index is 1.50. The summed E-state index contributed by atoms with van der Waals surface area (Å²) in [5.74, 6) is 0.474. The lowest BCUT2D eigenvalue weighted by Gasteiger charge is -2.66. The van der Waals surface area contributed by atoms with Gasteiger partial charge in [0.15, 0.2) is 0 Å². The smallest absolute Gasteiger partial charge is 0.261 e. The summed E-state index contributed by atoms with van der Waals surface area (Å²) in [6, 6.07) is 7.69. The predicted molar refractivity (Wildman–Crippen MR) is 113 cm³/mol. The van der Waals surface area contributed by atoms with E-state index in [0.29, 0.717) is 22.9 Å². The third-order valence-electron chi connectivity index (χ3n) is 6.19. The summed E-state index contributed by atoms with van der Waals surface area (Å²) in [6.45, 7) is 3.83. The predicted octanol–water partition coefficient (Wildman–Crippen LogP) is 3.72. The van der Waals surface area contributed by atoms with Crippen molar-refractivity contribution in [2.75, 3.05) is 12.4 Å². The summed E-state index contributed by atoms with van der Waals surface area (Å²) in [5, 5.41) is 12.2. The second kappa shape index (κ2) is 6.71.